The maximum absolute atomic E-state index is 12.9. The summed E-state index contributed by atoms with van der Waals surface area (Å²) in [7, 11) is 0. The predicted molar refractivity (Wildman–Crippen MR) is 116 cm³/mol. The van der Waals surface area contributed by atoms with Gasteiger partial charge in [0, 0.05) is 55.0 Å². The van der Waals surface area contributed by atoms with E-state index in [1.807, 2.05) is 53.4 Å². The summed E-state index contributed by atoms with van der Waals surface area (Å²) >= 11 is 0. The summed E-state index contributed by atoms with van der Waals surface area (Å²) in [6, 6.07) is 20.0. The number of rotatable bonds is 2. The van der Waals surface area contributed by atoms with Gasteiger partial charge in [-0.1, -0.05) is 24.3 Å². The molecule has 1 aliphatic rings. The minimum absolute atomic E-state index is 0.0899. The van der Waals surface area contributed by atoms with E-state index in [-0.39, 0.29) is 6.03 Å². The van der Waals surface area contributed by atoms with Crippen LogP contribution in [-0.4, -0.2) is 47.1 Å². The number of fused-ring (bicyclic) bond motifs is 3. The minimum Gasteiger partial charge on any atom is -0.368 e. The van der Waals surface area contributed by atoms with E-state index < -0.39 is 0 Å². The molecule has 2 aromatic heterocycles. The zero-order chi connectivity index (χ0) is 19.6. The molecular weight excluding hydrogens is 362 g/mol. The Hall–Kier alpha value is -3.67. The van der Waals surface area contributed by atoms with Crippen molar-refractivity contribution in [3.05, 3.63) is 73.1 Å². The highest BCUT2D eigenvalue weighted by atomic mass is 16.2. The lowest BCUT2D eigenvalue weighted by atomic mass is 10.1. The average molecular weight is 383 g/mol. The Bertz CT molecular complexity index is 1170. The van der Waals surface area contributed by atoms with Crippen molar-refractivity contribution in [2.24, 2.45) is 0 Å². The SMILES string of the molecule is O=C(Nc1cc2cccnc2c2cccnc12)N1CCN(c2ccccc2)CC1. The van der Waals surface area contributed by atoms with Crippen molar-refractivity contribution >= 4 is 39.2 Å². The van der Waals surface area contributed by atoms with Crippen LogP contribution < -0.4 is 10.2 Å². The van der Waals surface area contributed by atoms with Gasteiger partial charge in [-0.2, -0.15) is 0 Å². The van der Waals surface area contributed by atoms with Crippen molar-refractivity contribution in [1.29, 1.82) is 0 Å². The van der Waals surface area contributed by atoms with Gasteiger partial charge in [0.2, 0.25) is 0 Å². The van der Waals surface area contributed by atoms with E-state index in [1.54, 1.807) is 12.4 Å². The summed E-state index contributed by atoms with van der Waals surface area (Å²) in [6.07, 6.45) is 3.52. The van der Waals surface area contributed by atoms with Gasteiger partial charge in [0.15, 0.2) is 0 Å². The monoisotopic (exact) mass is 383 g/mol. The molecule has 1 fully saturated rings. The summed E-state index contributed by atoms with van der Waals surface area (Å²) in [4.78, 5) is 26.1. The molecule has 2 aromatic carbocycles. The molecule has 0 spiro atoms. The number of nitrogens with zero attached hydrogens (tertiary/aromatic N) is 4. The molecule has 144 valence electrons. The maximum atomic E-state index is 12.9. The number of nitrogens with one attached hydrogen (secondary N) is 1. The molecule has 0 saturated carbocycles. The van der Waals surface area contributed by atoms with Gasteiger partial charge in [0.05, 0.1) is 16.7 Å². The maximum Gasteiger partial charge on any atom is 0.322 e. The average Bonchev–Trinajstić information content (AvgIpc) is 2.80. The van der Waals surface area contributed by atoms with E-state index in [1.165, 1.54) is 5.69 Å². The number of amides is 2. The minimum atomic E-state index is -0.0899. The van der Waals surface area contributed by atoms with Gasteiger partial charge >= 0.3 is 6.03 Å². The second-order valence-electron chi connectivity index (χ2n) is 7.14. The number of anilines is 2. The highest BCUT2D eigenvalue weighted by molar-refractivity contribution is 6.11. The lowest BCUT2D eigenvalue weighted by Crippen LogP contribution is -2.50. The van der Waals surface area contributed by atoms with Crippen molar-refractivity contribution < 1.29 is 4.79 Å². The standard InChI is InChI=1S/C23H21N5O/c29-23(28-14-12-27(13-15-28)18-7-2-1-3-8-18)26-20-16-17-6-4-10-24-21(17)19-9-5-11-25-22(19)20/h1-11,16H,12-15H2,(H,26,29). The number of benzene rings is 2. The summed E-state index contributed by atoms with van der Waals surface area (Å²) in [6.45, 7) is 3.00. The number of hydrogen-bond donors (Lipinski definition) is 1. The summed E-state index contributed by atoms with van der Waals surface area (Å²) in [5.74, 6) is 0. The predicted octanol–water partition coefficient (Wildman–Crippen LogP) is 4.14. The van der Waals surface area contributed by atoms with E-state index >= 15 is 0 Å². The summed E-state index contributed by atoms with van der Waals surface area (Å²) in [5.41, 5.74) is 3.57. The summed E-state index contributed by atoms with van der Waals surface area (Å²) < 4.78 is 0. The Kier molecular flexibility index (Phi) is 4.44. The Morgan fingerprint density at radius 1 is 0.828 bits per heavy atom. The van der Waals surface area contributed by atoms with E-state index in [4.69, 9.17) is 0 Å². The Morgan fingerprint density at radius 3 is 2.34 bits per heavy atom. The molecule has 4 aromatic rings. The Morgan fingerprint density at radius 2 is 1.55 bits per heavy atom. The lowest BCUT2D eigenvalue weighted by Gasteiger charge is -2.36. The van der Waals surface area contributed by atoms with Gasteiger partial charge in [0.25, 0.3) is 0 Å². The molecule has 0 unspecified atom stereocenters. The van der Waals surface area contributed by atoms with Gasteiger partial charge in [0.1, 0.15) is 0 Å². The molecule has 0 atom stereocenters. The first-order valence-electron chi connectivity index (χ1n) is 9.78. The number of piperazine rings is 1. The van der Waals surface area contributed by atoms with Gasteiger partial charge in [-0.3, -0.25) is 9.97 Å². The summed E-state index contributed by atoms with van der Waals surface area (Å²) in [5, 5.41) is 5.00. The fourth-order valence-corrected chi connectivity index (χ4v) is 3.89. The van der Waals surface area contributed by atoms with Crippen LogP contribution in [0.3, 0.4) is 0 Å². The highest BCUT2D eigenvalue weighted by Crippen LogP contribution is 2.29. The van der Waals surface area contributed by atoms with Crippen LogP contribution >= 0.6 is 0 Å². The molecule has 0 bridgehead atoms. The van der Waals surface area contributed by atoms with E-state index in [0.29, 0.717) is 13.1 Å². The molecule has 0 radical (unpaired) electrons. The third-order valence-electron chi connectivity index (χ3n) is 5.39. The first-order valence-corrected chi connectivity index (χ1v) is 9.78. The Balaban J connectivity index is 1.36. The second-order valence-corrected chi connectivity index (χ2v) is 7.14. The number of aromatic nitrogens is 2. The van der Waals surface area contributed by atoms with Crippen molar-refractivity contribution in [3.63, 3.8) is 0 Å². The van der Waals surface area contributed by atoms with E-state index in [9.17, 15) is 4.79 Å². The smallest absolute Gasteiger partial charge is 0.322 e. The van der Waals surface area contributed by atoms with Gasteiger partial charge in [-0.25, -0.2) is 4.79 Å². The lowest BCUT2D eigenvalue weighted by molar-refractivity contribution is 0.208. The second kappa shape index (κ2) is 7.39. The van der Waals surface area contributed by atoms with Crippen molar-refractivity contribution in [3.8, 4) is 0 Å². The van der Waals surface area contributed by atoms with Crippen LogP contribution in [0.2, 0.25) is 0 Å². The molecular formula is C23H21N5O. The van der Waals surface area contributed by atoms with Gasteiger partial charge in [-0.05, 0) is 36.4 Å². The molecule has 6 nitrogen and oxygen atoms in total. The zero-order valence-electron chi connectivity index (χ0n) is 16.0. The number of hydrogen-bond acceptors (Lipinski definition) is 4. The number of carbonyl (C=O) groups excluding carboxylic acids is 1. The van der Waals surface area contributed by atoms with Crippen molar-refractivity contribution in [1.82, 2.24) is 14.9 Å². The first kappa shape index (κ1) is 17.4. The van der Waals surface area contributed by atoms with Crippen LogP contribution in [0, 0.1) is 0 Å². The zero-order valence-corrected chi connectivity index (χ0v) is 16.0. The quantitative estimate of drug-likeness (QED) is 0.529. The van der Waals surface area contributed by atoms with E-state index in [2.05, 4.69) is 32.3 Å². The molecule has 29 heavy (non-hydrogen) atoms. The third kappa shape index (κ3) is 3.33. The Labute approximate surface area is 168 Å². The van der Waals surface area contributed by atoms with Gasteiger partial charge < -0.3 is 15.1 Å². The number of carbonyl (C=O) groups is 1. The van der Waals surface area contributed by atoms with Crippen LogP contribution in [0.25, 0.3) is 21.8 Å². The number of urea groups is 1. The van der Waals surface area contributed by atoms with Crippen LogP contribution in [0.1, 0.15) is 0 Å². The largest absolute Gasteiger partial charge is 0.368 e. The number of pyridine rings is 2. The first-order chi connectivity index (χ1) is 14.3. The molecule has 5 rings (SSSR count). The van der Waals surface area contributed by atoms with E-state index in [0.717, 1.165) is 40.6 Å². The van der Waals surface area contributed by atoms with Crippen molar-refractivity contribution in [2.75, 3.05) is 36.4 Å². The van der Waals surface area contributed by atoms with Crippen LogP contribution in [-0.2, 0) is 0 Å². The molecule has 1 N–H and O–H groups in total. The highest BCUT2D eigenvalue weighted by Gasteiger charge is 2.22. The van der Waals surface area contributed by atoms with Crippen LogP contribution in [0.4, 0.5) is 16.2 Å². The van der Waals surface area contributed by atoms with Gasteiger partial charge in [-0.15, -0.1) is 0 Å². The van der Waals surface area contributed by atoms with Crippen LogP contribution in [0.5, 0.6) is 0 Å². The molecule has 3 heterocycles. The van der Waals surface area contributed by atoms with Crippen LogP contribution in [0.15, 0.2) is 73.1 Å². The number of para-hydroxylation sites is 1. The molecule has 2 amide bonds. The fourth-order valence-electron chi connectivity index (χ4n) is 3.89. The molecule has 6 heteroatoms. The topological polar surface area (TPSA) is 61.4 Å². The third-order valence-corrected chi connectivity index (χ3v) is 5.39. The molecule has 1 saturated heterocycles. The normalized spacial score (nSPS) is 14.3. The molecule has 1 aliphatic heterocycles. The molecule has 0 aliphatic carbocycles. The van der Waals surface area contributed by atoms with Crippen molar-refractivity contribution in [2.45, 2.75) is 0 Å². The fraction of sp³-hybridized carbons (Fsp3) is 0.174.